The normalized spacial score (nSPS) is 20.4. The summed E-state index contributed by atoms with van der Waals surface area (Å²) in [6.45, 7) is 6.81. The summed E-state index contributed by atoms with van der Waals surface area (Å²) < 4.78 is 0. The molecule has 0 aromatic rings. The zero-order valence-corrected chi connectivity index (χ0v) is 12.8. The highest BCUT2D eigenvalue weighted by Crippen LogP contribution is 2.36. The third kappa shape index (κ3) is 3.04. The zero-order valence-electron chi connectivity index (χ0n) is 12.8. The monoisotopic (exact) mass is 255 g/mol. The lowest BCUT2D eigenvalue weighted by molar-refractivity contribution is -0.136. The van der Waals surface area contributed by atoms with E-state index in [0.29, 0.717) is 0 Å². The molecule has 18 heavy (non-hydrogen) atoms. The number of hydrogen-bond acceptors (Lipinski definition) is 3. The van der Waals surface area contributed by atoms with E-state index in [0.717, 1.165) is 6.54 Å². The fraction of sp³-hybridized carbons (Fsp3) is 0.929. The van der Waals surface area contributed by atoms with Gasteiger partial charge in [-0.3, -0.25) is 4.79 Å². The number of carbonyl (C=O) groups is 1. The van der Waals surface area contributed by atoms with E-state index in [4.69, 9.17) is 5.73 Å². The fourth-order valence-electron chi connectivity index (χ4n) is 2.46. The highest BCUT2D eigenvalue weighted by molar-refractivity contribution is 5.82. The first-order valence-electron chi connectivity index (χ1n) is 6.78. The Balaban J connectivity index is 2.65. The van der Waals surface area contributed by atoms with E-state index < -0.39 is 6.04 Å². The van der Waals surface area contributed by atoms with Crippen LogP contribution in [0, 0.1) is 5.41 Å². The van der Waals surface area contributed by atoms with Crippen molar-refractivity contribution in [1.29, 1.82) is 0 Å². The fourth-order valence-corrected chi connectivity index (χ4v) is 2.46. The van der Waals surface area contributed by atoms with E-state index >= 15 is 0 Å². The molecule has 0 aromatic carbocycles. The maximum absolute atomic E-state index is 12.3. The Morgan fingerprint density at radius 1 is 1.28 bits per heavy atom. The largest absolute Gasteiger partial charge is 0.343 e. The molecular weight excluding hydrogens is 226 g/mol. The number of hydrogen-bond donors (Lipinski definition) is 1. The van der Waals surface area contributed by atoms with E-state index in [1.165, 1.54) is 19.3 Å². The second kappa shape index (κ2) is 5.17. The maximum Gasteiger partial charge on any atom is 0.239 e. The third-order valence-corrected chi connectivity index (χ3v) is 4.34. The highest BCUT2D eigenvalue weighted by atomic mass is 16.2. The molecular formula is C14H29N3O. The minimum absolute atomic E-state index is 0.0515. The van der Waals surface area contributed by atoms with Gasteiger partial charge in [-0.1, -0.05) is 20.8 Å². The lowest BCUT2D eigenvalue weighted by Crippen LogP contribution is -2.60. The Hall–Kier alpha value is -0.610. The Labute approximate surface area is 111 Å². The van der Waals surface area contributed by atoms with Gasteiger partial charge in [0, 0.05) is 19.1 Å². The number of nitrogens with two attached hydrogens (primary N) is 1. The van der Waals surface area contributed by atoms with Gasteiger partial charge in [-0.15, -0.1) is 0 Å². The lowest BCUT2D eigenvalue weighted by atomic mass is 9.75. The first-order chi connectivity index (χ1) is 8.10. The van der Waals surface area contributed by atoms with Crippen LogP contribution in [0.4, 0.5) is 0 Å². The smallest absolute Gasteiger partial charge is 0.239 e. The average Bonchev–Trinajstić information content (AvgIpc) is 2.18. The standard InChI is InChI=1S/C14H29N3O/c1-13(2,3)11(15)12(18)17(6)10-14(16(4)5)8-7-9-14/h11H,7-10,15H2,1-6H3/t11-/m0/s1. The van der Waals surface area contributed by atoms with Gasteiger partial charge in [0.1, 0.15) is 0 Å². The molecule has 1 saturated carbocycles. The quantitative estimate of drug-likeness (QED) is 0.824. The van der Waals surface area contributed by atoms with Gasteiger partial charge < -0.3 is 15.5 Å². The van der Waals surface area contributed by atoms with E-state index in [2.05, 4.69) is 19.0 Å². The Bertz CT molecular complexity index is 303. The van der Waals surface area contributed by atoms with Crippen LogP contribution in [0.25, 0.3) is 0 Å². The van der Waals surface area contributed by atoms with Crippen LogP contribution >= 0.6 is 0 Å². The van der Waals surface area contributed by atoms with Crippen molar-refractivity contribution < 1.29 is 4.79 Å². The summed E-state index contributed by atoms with van der Waals surface area (Å²) in [5.74, 6) is 0.0515. The molecule has 2 N–H and O–H groups in total. The van der Waals surface area contributed by atoms with Gasteiger partial charge >= 0.3 is 0 Å². The van der Waals surface area contributed by atoms with Gasteiger partial charge in [-0.25, -0.2) is 0 Å². The average molecular weight is 255 g/mol. The van der Waals surface area contributed by atoms with Crippen molar-refractivity contribution in [3.05, 3.63) is 0 Å². The second-order valence-corrected chi connectivity index (χ2v) is 7.01. The first-order valence-corrected chi connectivity index (χ1v) is 6.78. The van der Waals surface area contributed by atoms with Gasteiger partial charge in [0.15, 0.2) is 0 Å². The SMILES string of the molecule is CN(CC1(N(C)C)CCC1)C(=O)[C@H](N)C(C)(C)C. The molecule has 0 bridgehead atoms. The van der Waals surface area contributed by atoms with E-state index in [9.17, 15) is 4.79 Å². The van der Waals surface area contributed by atoms with Crippen molar-refractivity contribution >= 4 is 5.91 Å². The van der Waals surface area contributed by atoms with Crippen LogP contribution in [-0.4, -0.2) is 55.0 Å². The van der Waals surface area contributed by atoms with Crippen LogP contribution in [0.5, 0.6) is 0 Å². The molecule has 1 rings (SSSR count). The predicted molar refractivity (Wildman–Crippen MR) is 75.3 cm³/mol. The molecule has 0 aliphatic heterocycles. The molecule has 0 saturated heterocycles. The van der Waals surface area contributed by atoms with Crippen molar-refractivity contribution in [2.75, 3.05) is 27.7 Å². The van der Waals surface area contributed by atoms with Crippen molar-refractivity contribution in [1.82, 2.24) is 9.80 Å². The molecule has 0 heterocycles. The molecule has 4 heteroatoms. The van der Waals surface area contributed by atoms with Gasteiger partial charge in [0.2, 0.25) is 5.91 Å². The Morgan fingerprint density at radius 2 is 1.78 bits per heavy atom. The molecule has 106 valence electrons. The van der Waals surface area contributed by atoms with Gasteiger partial charge in [-0.05, 0) is 38.8 Å². The van der Waals surface area contributed by atoms with Gasteiger partial charge in [-0.2, -0.15) is 0 Å². The maximum atomic E-state index is 12.3. The van der Waals surface area contributed by atoms with Crippen molar-refractivity contribution in [2.24, 2.45) is 11.1 Å². The van der Waals surface area contributed by atoms with Crippen molar-refractivity contribution in [2.45, 2.75) is 51.6 Å². The minimum atomic E-state index is -0.429. The summed E-state index contributed by atoms with van der Waals surface area (Å²) >= 11 is 0. The Kier molecular flexibility index (Phi) is 4.44. The second-order valence-electron chi connectivity index (χ2n) is 7.01. The van der Waals surface area contributed by atoms with Crippen molar-refractivity contribution in [3.63, 3.8) is 0 Å². The molecule has 0 unspecified atom stereocenters. The summed E-state index contributed by atoms with van der Waals surface area (Å²) in [6.07, 6.45) is 3.59. The highest BCUT2D eigenvalue weighted by Gasteiger charge is 2.41. The molecule has 1 aliphatic rings. The number of carbonyl (C=O) groups excluding carboxylic acids is 1. The summed E-state index contributed by atoms with van der Waals surface area (Å²) in [4.78, 5) is 16.4. The summed E-state index contributed by atoms with van der Waals surface area (Å²) in [5, 5.41) is 0. The summed E-state index contributed by atoms with van der Waals surface area (Å²) in [5.41, 5.74) is 6.03. The van der Waals surface area contributed by atoms with Crippen LogP contribution in [0.3, 0.4) is 0 Å². The molecule has 1 atom stereocenters. The van der Waals surface area contributed by atoms with Gasteiger partial charge in [0.25, 0.3) is 0 Å². The predicted octanol–water partition coefficient (Wildman–Crippen LogP) is 1.30. The van der Waals surface area contributed by atoms with Crippen LogP contribution in [-0.2, 0) is 4.79 Å². The van der Waals surface area contributed by atoms with Crippen LogP contribution in [0.15, 0.2) is 0 Å². The van der Waals surface area contributed by atoms with Gasteiger partial charge in [0.05, 0.1) is 6.04 Å². The van der Waals surface area contributed by atoms with E-state index in [-0.39, 0.29) is 16.9 Å². The number of likely N-dealkylation sites (N-methyl/N-ethyl adjacent to an activating group) is 2. The van der Waals surface area contributed by atoms with Crippen molar-refractivity contribution in [3.8, 4) is 0 Å². The lowest BCUT2D eigenvalue weighted by Gasteiger charge is -2.49. The third-order valence-electron chi connectivity index (χ3n) is 4.34. The number of amides is 1. The molecule has 1 amide bonds. The van der Waals surface area contributed by atoms with Crippen LogP contribution in [0.2, 0.25) is 0 Å². The minimum Gasteiger partial charge on any atom is -0.343 e. The summed E-state index contributed by atoms with van der Waals surface area (Å²) in [7, 11) is 6.07. The van der Waals surface area contributed by atoms with E-state index in [1.54, 1.807) is 0 Å². The summed E-state index contributed by atoms with van der Waals surface area (Å²) in [6, 6.07) is -0.429. The van der Waals surface area contributed by atoms with Crippen LogP contribution < -0.4 is 5.73 Å². The van der Waals surface area contributed by atoms with Crippen LogP contribution in [0.1, 0.15) is 40.0 Å². The zero-order chi connectivity index (χ0) is 14.1. The first kappa shape index (κ1) is 15.4. The number of nitrogens with zero attached hydrogens (tertiary/aromatic N) is 2. The molecule has 0 aromatic heterocycles. The Morgan fingerprint density at radius 3 is 2.06 bits per heavy atom. The molecule has 1 fully saturated rings. The molecule has 1 aliphatic carbocycles. The molecule has 0 radical (unpaired) electrons. The topological polar surface area (TPSA) is 49.6 Å². The molecule has 0 spiro atoms. The van der Waals surface area contributed by atoms with E-state index in [1.807, 2.05) is 32.7 Å². The molecule has 4 nitrogen and oxygen atoms in total. The number of rotatable bonds is 4.